The van der Waals surface area contributed by atoms with Crippen LogP contribution < -0.4 is 14.8 Å². The Morgan fingerprint density at radius 1 is 1.16 bits per heavy atom. The second-order valence-electron chi connectivity index (χ2n) is 6.12. The van der Waals surface area contributed by atoms with Gasteiger partial charge >= 0.3 is 0 Å². The predicted molar refractivity (Wildman–Crippen MR) is 96.2 cm³/mol. The molecule has 0 aromatic heterocycles. The summed E-state index contributed by atoms with van der Waals surface area (Å²) >= 11 is 0. The van der Waals surface area contributed by atoms with Crippen molar-refractivity contribution < 1.29 is 19.0 Å². The molecule has 2 aromatic rings. The van der Waals surface area contributed by atoms with E-state index in [0.29, 0.717) is 23.8 Å². The third kappa shape index (κ3) is 5.50. The molecule has 0 aliphatic carbocycles. The first-order chi connectivity index (χ1) is 12.2. The van der Waals surface area contributed by atoms with Gasteiger partial charge in [0, 0.05) is 18.4 Å². The van der Waals surface area contributed by atoms with Crippen LogP contribution in [0.5, 0.6) is 11.5 Å². The van der Waals surface area contributed by atoms with Crippen LogP contribution in [0.4, 0.5) is 5.69 Å². The van der Waals surface area contributed by atoms with E-state index in [4.69, 9.17) is 14.2 Å². The second kappa shape index (κ2) is 8.53. The molecule has 0 unspecified atom stereocenters. The van der Waals surface area contributed by atoms with E-state index in [1.165, 1.54) is 0 Å². The number of amides is 1. The van der Waals surface area contributed by atoms with Gasteiger partial charge in [0.25, 0.3) is 5.91 Å². The fraction of sp³-hybridized carbons (Fsp3) is 0.350. The average molecular weight is 341 g/mol. The summed E-state index contributed by atoms with van der Waals surface area (Å²) in [5.41, 5.74) is 1.83. The second-order valence-corrected chi connectivity index (χ2v) is 6.12. The molecule has 1 aliphatic rings. The van der Waals surface area contributed by atoms with Crippen LogP contribution in [0.2, 0.25) is 0 Å². The van der Waals surface area contributed by atoms with Gasteiger partial charge in [-0.05, 0) is 44.0 Å². The van der Waals surface area contributed by atoms with Crippen LogP contribution >= 0.6 is 0 Å². The van der Waals surface area contributed by atoms with Crippen molar-refractivity contribution in [3.63, 3.8) is 0 Å². The van der Waals surface area contributed by atoms with Crippen molar-refractivity contribution in [1.82, 2.24) is 0 Å². The van der Waals surface area contributed by atoms with Crippen molar-refractivity contribution in [1.29, 1.82) is 0 Å². The molecular weight excluding hydrogens is 318 g/mol. The van der Waals surface area contributed by atoms with Gasteiger partial charge in [-0.25, -0.2) is 0 Å². The lowest BCUT2D eigenvalue weighted by molar-refractivity contribution is -0.118. The fourth-order valence-electron chi connectivity index (χ4n) is 2.61. The number of ether oxygens (including phenoxy) is 3. The third-order valence-electron chi connectivity index (χ3n) is 3.97. The highest BCUT2D eigenvalue weighted by molar-refractivity contribution is 5.92. The Hall–Kier alpha value is -2.53. The first kappa shape index (κ1) is 17.3. The molecule has 25 heavy (non-hydrogen) atoms. The highest BCUT2D eigenvalue weighted by Gasteiger charge is 2.16. The molecule has 2 aromatic carbocycles. The maximum absolute atomic E-state index is 12.0. The van der Waals surface area contributed by atoms with Crippen molar-refractivity contribution >= 4 is 11.6 Å². The van der Waals surface area contributed by atoms with E-state index in [1.807, 2.05) is 49.4 Å². The molecule has 0 radical (unpaired) electrons. The molecule has 0 bridgehead atoms. The standard InChI is InChI=1S/C20H23NO4/c1-15-7-9-17(10-8-15)25-14-20(22)21-16-4-2-5-18(12-16)24-13-19-6-3-11-23-19/h2,4-5,7-10,12,19H,3,6,11,13-14H2,1H3,(H,21,22)/t19-/m0/s1. The van der Waals surface area contributed by atoms with Gasteiger partial charge in [-0.2, -0.15) is 0 Å². The summed E-state index contributed by atoms with van der Waals surface area (Å²) in [6.45, 7) is 3.31. The quantitative estimate of drug-likeness (QED) is 0.836. The van der Waals surface area contributed by atoms with E-state index < -0.39 is 0 Å². The first-order valence-corrected chi connectivity index (χ1v) is 8.53. The molecule has 1 amide bonds. The summed E-state index contributed by atoms with van der Waals surface area (Å²) in [6.07, 6.45) is 2.29. The van der Waals surface area contributed by atoms with E-state index in [1.54, 1.807) is 6.07 Å². The number of nitrogens with one attached hydrogen (secondary N) is 1. The Labute approximate surface area is 147 Å². The van der Waals surface area contributed by atoms with Crippen LogP contribution in [-0.4, -0.2) is 31.8 Å². The Balaban J connectivity index is 1.47. The molecule has 1 fully saturated rings. The average Bonchev–Trinajstić information content (AvgIpc) is 3.13. The molecule has 5 nitrogen and oxygen atoms in total. The van der Waals surface area contributed by atoms with Crippen LogP contribution in [0.15, 0.2) is 48.5 Å². The van der Waals surface area contributed by atoms with Gasteiger partial charge < -0.3 is 19.5 Å². The predicted octanol–water partition coefficient (Wildman–Crippen LogP) is 3.57. The van der Waals surface area contributed by atoms with Crippen molar-refractivity contribution in [3.8, 4) is 11.5 Å². The normalized spacial score (nSPS) is 16.4. The maximum Gasteiger partial charge on any atom is 0.262 e. The van der Waals surface area contributed by atoms with Crippen molar-refractivity contribution in [2.24, 2.45) is 0 Å². The molecule has 0 spiro atoms. The highest BCUT2D eigenvalue weighted by Crippen LogP contribution is 2.20. The van der Waals surface area contributed by atoms with Crippen LogP contribution in [-0.2, 0) is 9.53 Å². The van der Waals surface area contributed by atoms with Gasteiger partial charge in [0.15, 0.2) is 6.61 Å². The Bertz CT molecular complexity index is 693. The number of carbonyl (C=O) groups is 1. The molecule has 1 N–H and O–H groups in total. The zero-order valence-corrected chi connectivity index (χ0v) is 14.4. The molecule has 1 heterocycles. The number of rotatable bonds is 7. The number of benzene rings is 2. The van der Waals surface area contributed by atoms with Gasteiger partial charge in [-0.1, -0.05) is 23.8 Å². The minimum absolute atomic E-state index is 0.0376. The number of anilines is 1. The summed E-state index contributed by atoms with van der Waals surface area (Å²) in [5.74, 6) is 1.18. The Kier molecular flexibility index (Phi) is 5.90. The molecule has 3 rings (SSSR count). The Morgan fingerprint density at radius 2 is 2.00 bits per heavy atom. The zero-order chi connectivity index (χ0) is 17.5. The fourth-order valence-corrected chi connectivity index (χ4v) is 2.61. The van der Waals surface area contributed by atoms with E-state index >= 15 is 0 Å². The van der Waals surface area contributed by atoms with Gasteiger partial charge in [0.2, 0.25) is 0 Å². The van der Waals surface area contributed by atoms with Crippen LogP contribution in [0, 0.1) is 6.92 Å². The molecule has 1 saturated heterocycles. The smallest absolute Gasteiger partial charge is 0.262 e. The van der Waals surface area contributed by atoms with E-state index in [2.05, 4.69) is 5.32 Å². The van der Waals surface area contributed by atoms with Gasteiger partial charge in [0.1, 0.15) is 18.1 Å². The third-order valence-corrected chi connectivity index (χ3v) is 3.97. The highest BCUT2D eigenvalue weighted by atomic mass is 16.5. The molecular formula is C20H23NO4. The lowest BCUT2D eigenvalue weighted by Crippen LogP contribution is -2.20. The summed E-state index contributed by atoms with van der Waals surface area (Å²) < 4.78 is 16.8. The van der Waals surface area contributed by atoms with Gasteiger partial charge in [-0.3, -0.25) is 4.79 Å². The zero-order valence-electron chi connectivity index (χ0n) is 14.4. The van der Waals surface area contributed by atoms with Crippen LogP contribution in [0.1, 0.15) is 18.4 Å². The summed E-state index contributed by atoms with van der Waals surface area (Å²) in [4.78, 5) is 12.0. The van der Waals surface area contributed by atoms with E-state index in [-0.39, 0.29) is 18.6 Å². The molecule has 0 saturated carbocycles. The van der Waals surface area contributed by atoms with Gasteiger partial charge in [-0.15, -0.1) is 0 Å². The molecule has 132 valence electrons. The minimum atomic E-state index is -0.211. The Morgan fingerprint density at radius 3 is 2.76 bits per heavy atom. The molecule has 1 aliphatic heterocycles. The molecule has 1 atom stereocenters. The summed E-state index contributed by atoms with van der Waals surface area (Å²) in [6, 6.07) is 14.9. The summed E-state index contributed by atoms with van der Waals surface area (Å²) in [5, 5.41) is 2.82. The largest absolute Gasteiger partial charge is 0.491 e. The van der Waals surface area contributed by atoms with E-state index in [0.717, 1.165) is 25.0 Å². The van der Waals surface area contributed by atoms with Gasteiger partial charge in [0.05, 0.1) is 6.10 Å². The lowest BCUT2D eigenvalue weighted by atomic mass is 10.2. The lowest BCUT2D eigenvalue weighted by Gasteiger charge is -2.13. The maximum atomic E-state index is 12.0. The van der Waals surface area contributed by atoms with Crippen LogP contribution in [0.25, 0.3) is 0 Å². The number of hydrogen-bond acceptors (Lipinski definition) is 4. The van der Waals surface area contributed by atoms with Crippen molar-refractivity contribution in [2.75, 3.05) is 25.1 Å². The first-order valence-electron chi connectivity index (χ1n) is 8.53. The topological polar surface area (TPSA) is 56.8 Å². The molecule has 5 heteroatoms. The SMILES string of the molecule is Cc1ccc(OCC(=O)Nc2cccc(OC[C@@H]3CCCO3)c2)cc1. The number of hydrogen-bond donors (Lipinski definition) is 1. The minimum Gasteiger partial charge on any atom is -0.491 e. The van der Waals surface area contributed by atoms with Crippen molar-refractivity contribution in [3.05, 3.63) is 54.1 Å². The monoisotopic (exact) mass is 341 g/mol. The number of carbonyl (C=O) groups excluding carboxylic acids is 1. The van der Waals surface area contributed by atoms with Crippen LogP contribution in [0.3, 0.4) is 0 Å². The van der Waals surface area contributed by atoms with Crippen molar-refractivity contribution in [2.45, 2.75) is 25.9 Å². The number of aryl methyl sites for hydroxylation is 1. The van der Waals surface area contributed by atoms with E-state index in [9.17, 15) is 4.79 Å². The summed E-state index contributed by atoms with van der Waals surface area (Å²) in [7, 11) is 0.